The van der Waals surface area contributed by atoms with Crippen molar-refractivity contribution in [2.75, 3.05) is 7.11 Å². The molecule has 0 aromatic rings. The molecule has 0 heterocycles. The lowest BCUT2D eigenvalue weighted by Crippen LogP contribution is -2.57. The molecule has 0 aromatic carbocycles. The average Bonchev–Trinajstić information content (AvgIpc) is 3.11. The highest BCUT2D eigenvalue weighted by Crippen LogP contribution is 2.67. The molecule has 0 N–H and O–H groups in total. The summed E-state index contributed by atoms with van der Waals surface area (Å²) in [6.45, 7) is 11.1. The van der Waals surface area contributed by atoms with E-state index < -0.39 is 0 Å². The van der Waals surface area contributed by atoms with Gasteiger partial charge in [-0.25, -0.2) is 0 Å². The Kier molecular flexibility index (Phi) is 7.75. The summed E-state index contributed by atoms with van der Waals surface area (Å²) in [5, 5.41) is 0. The fraction of sp³-hybridized carbons (Fsp3) is 0.857. The number of rotatable bonds is 4. The number of hydrogen-bond donors (Lipinski definition) is 0. The van der Waals surface area contributed by atoms with Crippen molar-refractivity contribution in [1.82, 2.24) is 0 Å². The molecule has 4 rings (SSSR count). The predicted octanol–water partition coefficient (Wildman–Crippen LogP) is 7.14. The van der Waals surface area contributed by atoms with Crippen molar-refractivity contribution in [2.45, 2.75) is 105 Å². The fourth-order valence-corrected chi connectivity index (χ4v) is 8.44. The molecule has 3 nitrogen and oxygen atoms in total. The second-order valence-corrected chi connectivity index (χ2v) is 10.9. The molecule has 0 amide bonds. The van der Waals surface area contributed by atoms with Crippen LogP contribution in [-0.2, 0) is 14.3 Å². The number of esters is 1. The van der Waals surface area contributed by atoms with E-state index in [0.717, 1.165) is 12.8 Å². The predicted molar refractivity (Wildman–Crippen MR) is 127 cm³/mol. The van der Waals surface area contributed by atoms with Gasteiger partial charge in [-0.1, -0.05) is 46.6 Å². The van der Waals surface area contributed by atoms with E-state index in [9.17, 15) is 9.59 Å². The first-order chi connectivity index (χ1) is 14.9. The number of methoxy groups -OCH3 is 1. The Morgan fingerprint density at radius 1 is 1.03 bits per heavy atom. The van der Waals surface area contributed by atoms with Crippen LogP contribution in [0.2, 0.25) is 0 Å². The van der Waals surface area contributed by atoms with Crippen LogP contribution in [0.1, 0.15) is 105 Å². The van der Waals surface area contributed by atoms with Crippen LogP contribution in [0.15, 0.2) is 11.6 Å². The Morgan fingerprint density at radius 3 is 2.42 bits per heavy atom. The van der Waals surface area contributed by atoms with E-state index in [1.54, 1.807) is 0 Å². The molecule has 0 bridgehead atoms. The maximum absolute atomic E-state index is 13.8. The van der Waals surface area contributed by atoms with Gasteiger partial charge in [0, 0.05) is 12.3 Å². The van der Waals surface area contributed by atoms with Crippen LogP contribution in [0, 0.1) is 40.4 Å². The summed E-state index contributed by atoms with van der Waals surface area (Å²) in [6.07, 6.45) is 14.8. The number of fused-ring (bicyclic) bond motifs is 5. The summed E-state index contributed by atoms with van der Waals surface area (Å²) in [7, 11) is 1.48. The van der Waals surface area contributed by atoms with Gasteiger partial charge in [0.1, 0.15) is 0 Å². The SMILES string of the molecule is C/C=C1/C(=O)C2C(CC[C@@]3(C)C2CC[C@@H]3CCCC(=O)OC)[C@@]2(C)CCCCC12.CC. The Bertz CT molecular complexity index is 694. The molecular weight excluding hydrogens is 384 g/mol. The topological polar surface area (TPSA) is 43.4 Å². The van der Waals surface area contributed by atoms with Gasteiger partial charge in [-0.05, 0) is 98.4 Å². The van der Waals surface area contributed by atoms with Gasteiger partial charge in [0.2, 0.25) is 0 Å². The Balaban J connectivity index is 0.00000132. The number of carbonyl (C=O) groups excluding carboxylic acids is 2. The molecule has 3 heteroatoms. The minimum absolute atomic E-state index is 0.0927. The summed E-state index contributed by atoms with van der Waals surface area (Å²) in [5.74, 6) is 2.92. The van der Waals surface area contributed by atoms with E-state index in [1.807, 2.05) is 13.8 Å². The van der Waals surface area contributed by atoms with Crippen LogP contribution in [0.25, 0.3) is 0 Å². The van der Waals surface area contributed by atoms with E-state index in [0.29, 0.717) is 41.3 Å². The molecule has 4 saturated carbocycles. The van der Waals surface area contributed by atoms with Crippen molar-refractivity contribution < 1.29 is 14.3 Å². The summed E-state index contributed by atoms with van der Waals surface area (Å²) >= 11 is 0. The Hall–Kier alpha value is -1.12. The maximum atomic E-state index is 13.8. The Morgan fingerprint density at radius 2 is 1.74 bits per heavy atom. The van der Waals surface area contributed by atoms with E-state index in [1.165, 1.54) is 64.0 Å². The number of hydrogen-bond acceptors (Lipinski definition) is 3. The number of ether oxygens (including phenoxy) is 1. The summed E-state index contributed by atoms with van der Waals surface area (Å²) in [5.41, 5.74) is 1.76. The molecule has 7 atom stereocenters. The van der Waals surface area contributed by atoms with Gasteiger partial charge < -0.3 is 4.74 Å². The van der Waals surface area contributed by atoms with Crippen LogP contribution in [0.3, 0.4) is 0 Å². The van der Waals surface area contributed by atoms with Crippen LogP contribution >= 0.6 is 0 Å². The molecule has 4 aliphatic rings. The molecule has 4 aliphatic carbocycles. The summed E-state index contributed by atoms with van der Waals surface area (Å²) in [4.78, 5) is 25.3. The summed E-state index contributed by atoms with van der Waals surface area (Å²) < 4.78 is 4.83. The zero-order valence-corrected chi connectivity index (χ0v) is 21.0. The molecule has 0 radical (unpaired) electrons. The molecular formula is C28H46O3. The molecule has 176 valence electrons. The van der Waals surface area contributed by atoms with Crippen LogP contribution in [0.5, 0.6) is 0 Å². The highest BCUT2D eigenvalue weighted by molar-refractivity contribution is 5.99. The number of allylic oxidation sites excluding steroid dienone is 2. The van der Waals surface area contributed by atoms with E-state index in [-0.39, 0.29) is 17.3 Å². The zero-order valence-electron chi connectivity index (χ0n) is 21.0. The zero-order chi connectivity index (χ0) is 22.8. The monoisotopic (exact) mass is 430 g/mol. The first-order valence-electron chi connectivity index (χ1n) is 13.1. The standard InChI is InChI=1S/C26H40O3.C2H6/c1-5-18-19-10-6-7-15-26(19,3)21-14-16-25(2)17(9-8-11-22(27)29-4)12-13-20(25)23(21)24(18)28;1-2/h5,17,19-21,23H,6-16H2,1-4H3;1-2H3/b18-5+;/t17-,19?,20?,21?,23?,25+,26-;/m0./s1. The normalized spacial score (nSPS) is 42.7. The van der Waals surface area contributed by atoms with Gasteiger partial charge in [-0.3, -0.25) is 9.59 Å². The first kappa shape index (κ1) is 24.5. The van der Waals surface area contributed by atoms with E-state index in [4.69, 9.17) is 4.74 Å². The third-order valence-corrected chi connectivity index (χ3v) is 10.0. The molecule has 4 unspecified atom stereocenters. The number of Topliss-reactive ketones (excluding diaryl/α,β-unsaturated/α-hetero) is 1. The van der Waals surface area contributed by atoms with Gasteiger partial charge in [0.25, 0.3) is 0 Å². The third-order valence-electron chi connectivity index (χ3n) is 10.0. The van der Waals surface area contributed by atoms with Gasteiger partial charge in [-0.15, -0.1) is 0 Å². The van der Waals surface area contributed by atoms with Crippen LogP contribution in [-0.4, -0.2) is 18.9 Å². The fourth-order valence-electron chi connectivity index (χ4n) is 8.44. The largest absolute Gasteiger partial charge is 0.469 e. The molecule has 4 fully saturated rings. The lowest BCUT2D eigenvalue weighted by Gasteiger charge is -2.60. The van der Waals surface area contributed by atoms with Gasteiger partial charge >= 0.3 is 5.97 Å². The third kappa shape index (κ3) is 4.04. The van der Waals surface area contributed by atoms with Crippen molar-refractivity contribution in [3.8, 4) is 0 Å². The molecule has 0 aliphatic heterocycles. The van der Waals surface area contributed by atoms with Crippen LogP contribution in [0.4, 0.5) is 0 Å². The van der Waals surface area contributed by atoms with Crippen molar-refractivity contribution in [2.24, 2.45) is 40.4 Å². The minimum Gasteiger partial charge on any atom is -0.469 e. The second kappa shape index (κ2) is 9.79. The average molecular weight is 431 g/mol. The smallest absolute Gasteiger partial charge is 0.305 e. The second-order valence-electron chi connectivity index (χ2n) is 10.9. The summed E-state index contributed by atoms with van der Waals surface area (Å²) in [6, 6.07) is 0. The molecule has 0 saturated heterocycles. The van der Waals surface area contributed by atoms with Crippen molar-refractivity contribution in [3.05, 3.63) is 11.6 Å². The number of carbonyl (C=O) groups is 2. The Labute approximate surface area is 190 Å². The molecule has 0 aromatic heterocycles. The van der Waals surface area contributed by atoms with E-state index >= 15 is 0 Å². The van der Waals surface area contributed by atoms with Gasteiger partial charge in [-0.2, -0.15) is 0 Å². The highest BCUT2D eigenvalue weighted by atomic mass is 16.5. The molecule has 0 spiro atoms. The molecule has 31 heavy (non-hydrogen) atoms. The number of ketones is 1. The highest BCUT2D eigenvalue weighted by Gasteiger charge is 2.63. The van der Waals surface area contributed by atoms with E-state index in [2.05, 4.69) is 26.8 Å². The van der Waals surface area contributed by atoms with Gasteiger partial charge in [0.15, 0.2) is 5.78 Å². The maximum Gasteiger partial charge on any atom is 0.305 e. The lowest BCUT2D eigenvalue weighted by atomic mass is 9.43. The quantitative estimate of drug-likeness (QED) is 0.351. The van der Waals surface area contributed by atoms with Crippen LogP contribution < -0.4 is 0 Å². The van der Waals surface area contributed by atoms with Crippen molar-refractivity contribution >= 4 is 11.8 Å². The minimum atomic E-state index is -0.0927. The van der Waals surface area contributed by atoms with Crippen molar-refractivity contribution in [3.63, 3.8) is 0 Å². The van der Waals surface area contributed by atoms with Crippen molar-refractivity contribution in [1.29, 1.82) is 0 Å². The lowest BCUT2D eigenvalue weighted by molar-refractivity contribution is -0.145. The van der Waals surface area contributed by atoms with Gasteiger partial charge in [0.05, 0.1) is 7.11 Å². The first-order valence-corrected chi connectivity index (χ1v) is 13.1.